The third-order valence-corrected chi connectivity index (χ3v) is 6.92. The molecular weight excluding hydrogens is 438 g/mol. The number of alkyl halides is 3. The number of nitrogens with zero attached hydrogens (tertiary/aromatic N) is 2. The summed E-state index contributed by atoms with van der Waals surface area (Å²) in [5.41, 5.74) is 0.0815. The molecule has 1 saturated heterocycles. The highest BCUT2D eigenvalue weighted by molar-refractivity contribution is 7.88. The molecule has 0 aliphatic carbocycles. The minimum absolute atomic E-state index is 0.0633. The Hall–Kier alpha value is -2.66. The van der Waals surface area contributed by atoms with Gasteiger partial charge in [0.25, 0.3) is 0 Å². The Morgan fingerprint density at radius 3 is 2.45 bits per heavy atom. The number of hydrogen-bond donors (Lipinski definition) is 2. The van der Waals surface area contributed by atoms with Gasteiger partial charge in [-0.3, -0.25) is 5.10 Å². The largest absolute Gasteiger partial charge is 0.505 e. The first-order valence-electron chi connectivity index (χ1n) is 9.48. The molecule has 11 heteroatoms. The molecule has 1 aliphatic rings. The first-order chi connectivity index (χ1) is 14.4. The zero-order valence-electron chi connectivity index (χ0n) is 16.4. The number of aromatic nitrogens is 2. The normalized spacial score (nSPS) is 16.8. The number of benzene rings is 2. The number of aromatic amines is 1. The van der Waals surface area contributed by atoms with Crippen molar-refractivity contribution in [3.8, 4) is 17.0 Å². The Morgan fingerprint density at radius 2 is 1.84 bits per heavy atom. The molecule has 4 rings (SSSR count). The van der Waals surface area contributed by atoms with E-state index in [9.17, 15) is 31.1 Å². The summed E-state index contributed by atoms with van der Waals surface area (Å²) in [5, 5.41) is 17.0. The van der Waals surface area contributed by atoms with E-state index < -0.39 is 33.3 Å². The SMILES string of the molecule is CS(=O)(=O)N1CCC(c2ccc3c(-c4cc(O)c(F)c(C(F)(F)F)c4)n[nH]c3c2)CC1. The molecule has 2 heterocycles. The highest BCUT2D eigenvalue weighted by Gasteiger charge is 2.36. The van der Waals surface area contributed by atoms with Gasteiger partial charge in [-0.2, -0.15) is 18.3 Å². The third kappa shape index (κ3) is 4.11. The third-order valence-electron chi connectivity index (χ3n) is 5.61. The number of hydrogen-bond acceptors (Lipinski definition) is 4. The summed E-state index contributed by atoms with van der Waals surface area (Å²) in [6.07, 6.45) is -2.47. The van der Waals surface area contributed by atoms with Crippen LogP contribution in [0.4, 0.5) is 17.6 Å². The van der Waals surface area contributed by atoms with Crippen molar-refractivity contribution in [1.29, 1.82) is 0 Å². The Labute approximate surface area is 175 Å². The van der Waals surface area contributed by atoms with Crippen LogP contribution in [0.3, 0.4) is 0 Å². The van der Waals surface area contributed by atoms with Crippen LogP contribution in [-0.2, 0) is 16.2 Å². The molecule has 31 heavy (non-hydrogen) atoms. The van der Waals surface area contributed by atoms with E-state index in [1.807, 2.05) is 12.1 Å². The number of halogens is 4. The smallest absolute Gasteiger partial charge is 0.419 e. The van der Waals surface area contributed by atoms with Crippen molar-refractivity contribution < 1.29 is 31.1 Å². The fraction of sp³-hybridized carbons (Fsp3) is 0.350. The summed E-state index contributed by atoms with van der Waals surface area (Å²) in [6, 6.07) is 6.91. The average Bonchev–Trinajstić information content (AvgIpc) is 3.11. The van der Waals surface area contributed by atoms with E-state index in [0.29, 0.717) is 42.9 Å². The lowest BCUT2D eigenvalue weighted by Gasteiger charge is -2.30. The molecular formula is C20H19F4N3O3S. The Bertz CT molecular complexity index is 1250. The van der Waals surface area contributed by atoms with Crippen molar-refractivity contribution >= 4 is 20.9 Å². The zero-order valence-corrected chi connectivity index (χ0v) is 17.2. The summed E-state index contributed by atoms with van der Waals surface area (Å²) >= 11 is 0. The monoisotopic (exact) mass is 457 g/mol. The number of fused-ring (bicyclic) bond motifs is 1. The molecule has 1 fully saturated rings. The van der Waals surface area contributed by atoms with Crippen LogP contribution < -0.4 is 0 Å². The molecule has 0 bridgehead atoms. The van der Waals surface area contributed by atoms with E-state index in [0.717, 1.165) is 11.6 Å². The van der Waals surface area contributed by atoms with Crippen LogP contribution in [0.25, 0.3) is 22.2 Å². The average molecular weight is 457 g/mol. The minimum Gasteiger partial charge on any atom is -0.505 e. The van der Waals surface area contributed by atoms with Gasteiger partial charge in [-0.1, -0.05) is 12.1 Å². The topological polar surface area (TPSA) is 86.3 Å². The molecule has 6 nitrogen and oxygen atoms in total. The second-order valence-electron chi connectivity index (χ2n) is 7.67. The first-order valence-corrected chi connectivity index (χ1v) is 11.3. The van der Waals surface area contributed by atoms with Gasteiger partial charge in [0.15, 0.2) is 11.6 Å². The van der Waals surface area contributed by atoms with Crippen LogP contribution in [-0.4, -0.2) is 47.4 Å². The van der Waals surface area contributed by atoms with Gasteiger partial charge in [0, 0.05) is 24.0 Å². The van der Waals surface area contributed by atoms with Crippen molar-refractivity contribution in [2.75, 3.05) is 19.3 Å². The maximum absolute atomic E-state index is 13.8. The van der Waals surface area contributed by atoms with Crippen LogP contribution in [0.2, 0.25) is 0 Å². The van der Waals surface area contributed by atoms with Gasteiger partial charge >= 0.3 is 6.18 Å². The molecule has 0 atom stereocenters. The highest BCUT2D eigenvalue weighted by atomic mass is 32.2. The Morgan fingerprint density at radius 1 is 1.16 bits per heavy atom. The maximum atomic E-state index is 13.8. The summed E-state index contributed by atoms with van der Waals surface area (Å²) in [6.45, 7) is 0.843. The second kappa shape index (κ2) is 7.49. The summed E-state index contributed by atoms with van der Waals surface area (Å²) < 4.78 is 77.9. The second-order valence-corrected chi connectivity index (χ2v) is 9.65. The van der Waals surface area contributed by atoms with E-state index in [1.54, 1.807) is 6.07 Å². The number of phenolic OH excluding ortho intramolecular Hbond substituents is 1. The Balaban J connectivity index is 1.66. The van der Waals surface area contributed by atoms with Gasteiger partial charge in [-0.25, -0.2) is 17.1 Å². The molecule has 0 unspecified atom stereocenters. The van der Waals surface area contributed by atoms with Gasteiger partial charge in [-0.05, 0) is 42.5 Å². The molecule has 0 radical (unpaired) electrons. The fourth-order valence-electron chi connectivity index (χ4n) is 3.98. The molecule has 2 aromatic carbocycles. The molecule has 1 aliphatic heterocycles. The molecule has 166 valence electrons. The standard InChI is InChI=1S/C20H19F4N3O3S/c1-31(29,30)27-6-4-11(5-7-27)12-2-3-14-16(9-12)25-26-19(14)13-8-15(20(22,23)24)18(21)17(28)10-13/h2-3,8-11,28H,4-7H2,1H3,(H,25,26). The van der Waals surface area contributed by atoms with Gasteiger partial charge in [0.05, 0.1) is 17.3 Å². The minimum atomic E-state index is -4.96. The van der Waals surface area contributed by atoms with Crippen LogP contribution in [0.5, 0.6) is 5.75 Å². The van der Waals surface area contributed by atoms with Crippen molar-refractivity contribution in [3.05, 3.63) is 47.3 Å². The van der Waals surface area contributed by atoms with Gasteiger partial charge in [-0.15, -0.1) is 0 Å². The van der Waals surface area contributed by atoms with Gasteiger partial charge in [0.2, 0.25) is 10.0 Å². The van der Waals surface area contributed by atoms with E-state index in [4.69, 9.17) is 0 Å². The van der Waals surface area contributed by atoms with Crippen molar-refractivity contribution in [3.63, 3.8) is 0 Å². The highest BCUT2D eigenvalue weighted by Crippen LogP contribution is 2.39. The van der Waals surface area contributed by atoms with Crippen molar-refractivity contribution in [2.45, 2.75) is 24.9 Å². The summed E-state index contributed by atoms with van der Waals surface area (Å²) in [7, 11) is -3.22. The van der Waals surface area contributed by atoms with Crippen molar-refractivity contribution in [1.82, 2.24) is 14.5 Å². The quantitative estimate of drug-likeness (QED) is 0.577. The number of piperidine rings is 1. The number of sulfonamides is 1. The van der Waals surface area contributed by atoms with E-state index >= 15 is 0 Å². The summed E-state index contributed by atoms with van der Waals surface area (Å²) in [4.78, 5) is 0. The van der Waals surface area contributed by atoms with E-state index in [-0.39, 0.29) is 17.2 Å². The Kier molecular flexibility index (Phi) is 5.21. The number of phenols is 1. The number of nitrogens with one attached hydrogen (secondary N) is 1. The van der Waals surface area contributed by atoms with Crippen LogP contribution in [0.15, 0.2) is 30.3 Å². The predicted octanol–water partition coefficient (Wildman–Crippen LogP) is 4.23. The van der Waals surface area contributed by atoms with E-state index in [1.165, 1.54) is 10.6 Å². The van der Waals surface area contributed by atoms with Crippen LogP contribution in [0.1, 0.15) is 29.9 Å². The molecule has 0 saturated carbocycles. The number of H-pyrrole nitrogens is 1. The zero-order chi connectivity index (χ0) is 22.6. The van der Waals surface area contributed by atoms with Crippen LogP contribution >= 0.6 is 0 Å². The van der Waals surface area contributed by atoms with Crippen LogP contribution in [0, 0.1) is 5.82 Å². The molecule has 0 spiro atoms. The predicted molar refractivity (Wildman–Crippen MR) is 107 cm³/mol. The molecule has 1 aromatic heterocycles. The first kappa shape index (κ1) is 21.6. The molecule has 3 aromatic rings. The number of aromatic hydroxyl groups is 1. The van der Waals surface area contributed by atoms with Gasteiger partial charge in [0.1, 0.15) is 5.69 Å². The molecule has 0 amide bonds. The summed E-state index contributed by atoms with van der Waals surface area (Å²) in [5.74, 6) is -2.69. The van der Waals surface area contributed by atoms with Crippen molar-refractivity contribution in [2.24, 2.45) is 0 Å². The maximum Gasteiger partial charge on any atom is 0.419 e. The molecule has 2 N–H and O–H groups in total. The lowest BCUT2D eigenvalue weighted by atomic mass is 9.89. The van der Waals surface area contributed by atoms with Gasteiger partial charge < -0.3 is 5.11 Å². The lowest BCUT2D eigenvalue weighted by Crippen LogP contribution is -2.37. The fourth-order valence-corrected chi connectivity index (χ4v) is 4.86. The van der Waals surface area contributed by atoms with E-state index in [2.05, 4.69) is 10.2 Å². The number of rotatable bonds is 3. The lowest BCUT2D eigenvalue weighted by molar-refractivity contribution is -0.140.